The van der Waals surface area contributed by atoms with Crippen molar-refractivity contribution in [3.05, 3.63) is 42.0 Å². The molecule has 156 valence electrons. The normalized spacial score (nSPS) is 15.8. The van der Waals surface area contributed by atoms with Crippen molar-refractivity contribution in [3.8, 4) is 23.0 Å². The molecule has 29 heavy (non-hydrogen) atoms. The van der Waals surface area contributed by atoms with Gasteiger partial charge in [-0.15, -0.1) is 0 Å². The lowest BCUT2D eigenvalue weighted by molar-refractivity contribution is 0.171. The molecular weight excluding hydrogens is 397 g/mol. The second-order valence-electron chi connectivity index (χ2n) is 6.39. The second-order valence-corrected chi connectivity index (χ2v) is 8.51. The predicted molar refractivity (Wildman–Crippen MR) is 107 cm³/mol. The summed E-state index contributed by atoms with van der Waals surface area (Å²) in [6.07, 6.45) is 0. The number of benzene rings is 2. The zero-order valence-corrected chi connectivity index (χ0v) is 17.3. The Morgan fingerprint density at radius 1 is 0.897 bits per heavy atom. The molecule has 8 nitrogen and oxygen atoms in total. The van der Waals surface area contributed by atoms with E-state index in [0.717, 1.165) is 0 Å². The highest BCUT2D eigenvalue weighted by atomic mass is 31.2. The number of anilines is 1. The first-order valence-corrected chi connectivity index (χ1v) is 11.2. The van der Waals surface area contributed by atoms with Crippen molar-refractivity contribution in [1.29, 1.82) is 0 Å². The van der Waals surface area contributed by atoms with E-state index < -0.39 is 13.4 Å². The van der Waals surface area contributed by atoms with Gasteiger partial charge in [-0.25, -0.2) is 0 Å². The molecule has 1 unspecified atom stereocenters. The topological polar surface area (TPSA) is 84.5 Å². The molecule has 0 bridgehead atoms. The van der Waals surface area contributed by atoms with Gasteiger partial charge in [0.05, 0.1) is 13.2 Å². The van der Waals surface area contributed by atoms with Crippen molar-refractivity contribution < 1.29 is 32.6 Å². The summed E-state index contributed by atoms with van der Waals surface area (Å²) in [6.45, 7) is 5.23. The van der Waals surface area contributed by atoms with Crippen molar-refractivity contribution in [3.63, 3.8) is 0 Å². The van der Waals surface area contributed by atoms with Crippen molar-refractivity contribution in [1.82, 2.24) is 0 Å². The molecular formula is C20H24NO7P. The van der Waals surface area contributed by atoms with Gasteiger partial charge in [0.25, 0.3) is 0 Å². The Morgan fingerprint density at radius 3 is 2.28 bits per heavy atom. The van der Waals surface area contributed by atoms with Crippen molar-refractivity contribution in [2.45, 2.75) is 19.6 Å². The Balaban J connectivity index is 1.71. The first-order chi connectivity index (χ1) is 14.1. The molecule has 1 atom stereocenters. The molecule has 0 radical (unpaired) electrons. The molecule has 0 amide bonds. The summed E-state index contributed by atoms with van der Waals surface area (Å²) >= 11 is 0. The van der Waals surface area contributed by atoms with Gasteiger partial charge >= 0.3 is 7.60 Å². The smallest absolute Gasteiger partial charge is 0.357 e. The van der Waals surface area contributed by atoms with Crippen LogP contribution in [0.5, 0.6) is 23.0 Å². The Kier molecular flexibility index (Phi) is 5.85. The largest absolute Gasteiger partial charge is 0.486 e. The minimum atomic E-state index is -3.55. The van der Waals surface area contributed by atoms with Gasteiger partial charge in [0.15, 0.2) is 28.8 Å². The zero-order valence-electron chi connectivity index (χ0n) is 16.4. The minimum absolute atomic E-state index is 0.160. The lowest BCUT2D eigenvalue weighted by Gasteiger charge is -2.29. The van der Waals surface area contributed by atoms with Crippen LogP contribution in [0.4, 0.5) is 5.69 Å². The summed E-state index contributed by atoms with van der Waals surface area (Å²) in [5.41, 5.74) is 1.41. The molecule has 2 aromatic carbocycles. The van der Waals surface area contributed by atoms with Gasteiger partial charge in [-0.05, 0) is 43.7 Å². The summed E-state index contributed by atoms with van der Waals surface area (Å²) in [5.74, 6) is 1.80. The highest BCUT2D eigenvalue weighted by Gasteiger charge is 2.38. The third-order valence-electron chi connectivity index (χ3n) is 4.49. The molecule has 0 fully saturated rings. The average Bonchev–Trinajstić information content (AvgIpc) is 3.20. The van der Waals surface area contributed by atoms with Crippen LogP contribution in [0.3, 0.4) is 0 Å². The molecule has 2 aliphatic heterocycles. The number of nitrogens with one attached hydrogen (secondary N) is 1. The molecule has 2 heterocycles. The van der Waals surface area contributed by atoms with E-state index >= 15 is 0 Å². The Bertz CT molecular complexity index is 910. The van der Waals surface area contributed by atoms with Crippen molar-refractivity contribution in [2.24, 2.45) is 0 Å². The first kappa shape index (κ1) is 19.9. The van der Waals surface area contributed by atoms with Crippen molar-refractivity contribution in [2.75, 3.05) is 38.5 Å². The highest BCUT2D eigenvalue weighted by molar-refractivity contribution is 7.54. The van der Waals surface area contributed by atoms with Gasteiger partial charge < -0.3 is 33.3 Å². The van der Waals surface area contributed by atoms with Crippen LogP contribution < -0.4 is 24.3 Å². The average molecular weight is 421 g/mol. The molecule has 2 aliphatic rings. The standard InChI is InChI=1S/C20H24NO7P/c1-3-27-29(22,28-4-2)20(14-5-7-17-18(11-14)26-13-25-17)21-15-6-8-16-19(12-15)24-10-9-23-16/h5-8,11-12,20-21H,3-4,9-10,13H2,1-2H3. The third-order valence-corrected chi connectivity index (χ3v) is 6.79. The van der Waals surface area contributed by atoms with E-state index in [-0.39, 0.29) is 20.0 Å². The Hall–Kier alpha value is -2.41. The molecule has 0 aromatic heterocycles. The fraction of sp³-hybridized carbons (Fsp3) is 0.400. The van der Waals surface area contributed by atoms with Crippen LogP contribution in [-0.4, -0.2) is 33.2 Å². The summed E-state index contributed by atoms with van der Waals surface area (Å²) in [6, 6.07) is 10.9. The van der Waals surface area contributed by atoms with Gasteiger partial charge in [0.1, 0.15) is 13.2 Å². The van der Waals surface area contributed by atoms with Crippen LogP contribution in [-0.2, 0) is 13.6 Å². The fourth-order valence-corrected chi connectivity index (χ4v) is 5.19. The maximum absolute atomic E-state index is 13.7. The molecule has 0 aliphatic carbocycles. The lowest BCUT2D eigenvalue weighted by Crippen LogP contribution is -2.17. The van der Waals surface area contributed by atoms with E-state index in [9.17, 15) is 4.57 Å². The number of ether oxygens (including phenoxy) is 4. The predicted octanol–water partition coefficient (Wildman–Crippen LogP) is 4.56. The van der Waals surface area contributed by atoms with E-state index in [1.54, 1.807) is 26.0 Å². The quantitative estimate of drug-likeness (QED) is 0.621. The van der Waals surface area contributed by atoms with Crippen LogP contribution >= 0.6 is 7.60 Å². The molecule has 2 aromatic rings. The summed E-state index contributed by atoms with van der Waals surface area (Å²) in [4.78, 5) is 0. The van der Waals surface area contributed by atoms with E-state index in [1.165, 1.54) is 0 Å². The molecule has 1 N–H and O–H groups in total. The molecule has 4 rings (SSSR count). The van der Waals surface area contributed by atoms with Gasteiger partial charge in [-0.2, -0.15) is 0 Å². The summed E-state index contributed by atoms with van der Waals surface area (Å²) in [7, 11) is -3.55. The zero-order chi connectivity index (χ0) is 20.3. The molecule has 0 saturated carbocycles. The van der Waals surface area contributed by atoms with Gasteiger partial charge in [0.2, 0.25) is 6.79 Å². The van der Waals surface area contributed by atoms with E-state index in [2.05, 4.69) is 5.32 Å². The SMILES string of the molecule is CCOP(=O)(OCC)C(Nc1ccc2c(c1)OCCO2)c1ccc2c(c1)OCO2. The minimum Gasteiger partial charge on any atom is -0.486 e. The highest BCUT2D eigenvalue weighted by Crippen LogP contribution is 2.61. The molecule has 0 saturated heterocycles. The third kappa shape index (κ3) is 4.15. The summed E-state index contributed by atoms with van der Waals surface area (Å²) in [5, 5.41) is 3.30. The first-order valence-electron chi connectivity index (χ1n) is 9.57. The van der Waals surface area contributed by atoms with Gasteiger partial charge in [-0.1, -0.05) is 6.07 Å². The van der Waals surface area contributed by atoms with Crippen molar-refractivity contribution >= 4 is 13.3 Å². The van der Waals surface area contributed by atoms with E-state index in [0.29, 0.717) is 47.5 Å². The monoisotopic (exact) mass is 421 g/mol. The summed E-state index contributed by atoms with van der Waals surface area (Å²) < 4.78 is 47.1. The van der Waals surface area contributed by atoms with Crippen LogP contribution in [0.15, 0.2) is 36.4 Å². The van der Waals surface area contributed by atoms with Gasteiger partial charge in [-0.3, -0.25) is 4.57 Å². The van der Waals surface area contributed by atoms with E-state index in [1.807, 2.05) is 24.3 Å². The lowest BCUT2D eigenvalue weighted by atomic mass is 10.2. The Labute approximate surface area is 169 Å². The second kappa shape index (κ2) is 8.53. The Morgan fingerprint density at radius 2 is 1.52 bits per heavy atom. The maximum Gasteiger partial charge on any atom is 0.357 e. The van der Waals surface area contributed by atoms with Crippen LogP contribution in [0.2, 0.25) is 0 Å². The number of hydrogen-bond donors (Lipinski definition) is 1. The maximum atomic E-state index is 13.7. The fourth-order valence-electron chi connectivity index (χ4n) is 3.27. The van der Waals surface area contributed by atoms with Gasteiger partial charge in [0, 0.05) is 11.8 Å². The van der Waals surface area contributed by atoms with E-state index in [4.69, 9.17) is 28.0 Å². The van der Waals surface area contributed by atoms with Crippen LogP contribution in [0.25, 0.3) is 0 Å². The number of fused-ring (bicyclic) bond motifs is 2. The number of rotatable bonds is 8. The molecule has 0 spiro atoms. The molecule has 9 heteroatoms. The van der Waals surface area contributed by atoms with Crippen LogP contribution in [0, 0.1) is 0 Å². The van der Waals surface area contributed by atoms with Crippen LogP contribution in [0.1, 0.15) is 25.2 Å². The number of hydrogen-bond acceptors (Lipinski definition) is 8.